The number of aromatic nitrogens is 2. The fourth-order valence-corrected chi connectivity index (χ4v) is 13.1. The van der Waals surface area contributed by atoms with Gasteiger partial charge in [0.25, 0.3) is 0 Å². The quantitative estimate of drug-likeness (QED) is 0.158. The van der Waals surface area contributed by atoms with Crippen LogP contribution in [0.25, 0.3) is 98.4 Å². The molecule has 15 aromatic rings. The van der Waals surface area contributed by atoms with Crippen LogP contribution in [0.3, 0.4) is 0 Å². The zero-order valence-corrected chi connectivity index (χ0v) is 40.4. The van der Waals surface area contributed by atoms with Crippen LogP contribution in [-0.2, 0) is 5.41 Å². The van der Waals surface area contributed by atoms with Gasteiger partial charge in [0.05, 0.1) is 38.8 Å². The van der Waals surface area contributed by atoms with Crippen LogP contribution >= 0.6 is 0 Å². The summed E-state index contributed by atoms with van der Waals surface area (Å²) in [4.78, 5) is 4.98. The van der Waals surface area contributed by atoms with Gasteiger partial charge in [0.2, 0.25) is 0 Å². The molecule has 0 fully saturated rings. The van der Waals surface area contributed by atoms with Crippen molar-refractivity contribution >= 4 is 110 Å². The van der Waals surface area contributed by atoms with Crippen molar-refractivity contribution in [2.24, 2.45) is 0 Å². The molecule has 0 radical (unpaired) electrons. The van der Waals surface area contributed by atoms with E-state index in [9.17, 15) is 0 Å². The summed E-state index contributed by atoms with van der Waals surface area (Å²) >= 11 is 0. The Labute approximate surface area is 422 Å². The second-order valence-electron chi connectivity index (χ2n) is 20.5. The van der Waals surface area contributed by atoms with E-state index in [1.54, 1.807) is 0 Å². The minimum atomic E-state index is -0.141. The van der Waals surface area contributed by atoms with Crippen molar-refractivity contribution in [1.29, 1.82) is 0 Å². The van der Waals surface area contributed by atoms with Crippen molar-refractivity contribution in [2.75, 3.05) is 9.80 Å². The summed E-state index contributed by atoms with van der Waals surface area (Å²) in [5.41, 5.74) is 21.7. The third-order valence-corrected chi connectivity index (χ3v) is 16.3. The molecule has 342 valence electrons. The number of anilines is 6. The van der Waals surface area contributed by atoms with Crippen LogP contribution in [0.5, 0.6) is 0 Å². The van der Waals surface area contributed by atoms with Gasteiger partial charge in [-0.3, -0.25) is 0 Å². The Morgan fingerprint density at radius 1 is 0.301 bits per heavy atom. The Morgan fingerprint density at radius 3 is 1.18 bits per heavy atom. The SMILES string of the molecule is CC1(C)c2ccccc2-c2c(N(c3ccc(-c4ccccc4)cc3)c3ccc(N(c4cc5c6ccccc6n6c7ccccc7c(c4)c56)c4cc5c6ccccc6n6c7ccccc7c(c4)c56)cc3)cccc21. The maximum Gasteiger partial charge on any atom is 0.0622 e. The number of nitrogens with zero attached hydrogens (tertiary/aromatic N) is 4. The second kappa shape index (κ2) is 14.8. The molecule has 11 aromatic carbocycles. The molecule has 4 aromatic heterocycles. The zero-order valence-electron chi connectivity index (χ0n) is 40.4. The van der Waals surface area contributed by atoms with Crippen LogP contribution in [0.15, 0.2) is 243 Å². The molecule has 4 heteroatoms. The highest BCUT2D eigenvalue weighted by Gasteiger charge is 2.38. The van der Waals surface area contributed by atoms with Gasteiger partial charge in [0.1, 0.15) is 0 Å². The smallest absolute Gasteiger partial charge is 0.0622 e. The first kappa shape index (κ1) is 40.4. The molecule has 0 unspecified atom stereocenters. The normalized spacial score (nSPS) is 13.2. The topological polar surface area (TPSA) is 15.3 Å². The molecule has 4 heterocycles. The molecule has 16 rings (SSSR count). The van der Waals surface area contributed by atoms with Crippen molar-refractivity contribution in [2.45, 2.75) is 19.3 Å². The summed E-state index contributed by atoms with van der Waals surface area (Å²) in [5.74, 6) is 0. The predicted octanol–water partition coefficient (Wildman–Crippen LogP) is 18.9. The third kappa shape index (κ3) is 5.55. The Kier molecular flexibility index (Phi) is 8.20. The summed E-state index contributed by atoms with van der Waals surface area (Å²) in [5, 5.41) is 10.0. The van der Waals surface area contributed by atoms with Crippen molar-refractivity contribution in [3.8, 4) is 22.3 Å². The van der Waals surface area contributed by atoms with Crippen molar-refractivity contribution in [3.63, 3.8) is 0 Å². The molecule has 0 N–H and O–H groups in total. The van der Waals surface area contributed by atoms with Gasteiger partial charge in [0, 0.05) is 82.5 Å². The van der Waals surface area contributed by atoms with E-state index < -0.39 is 0 Å². The van der Waals surface area contributed by atoms with E-state index >= 15 is 0 Å². The van der Waals surface area contributed by atoms with Crippen LogP contribution in [0.4, 0.5) is 34.1 Å². The summed E-state index contributed by atoms with van der Waals surface area (Å²) in [6.45, 7) is 4.73. The standard InChI is InChI=1S/C69H46N4/c1-69(2)59-24-11-6-23-54(59)66-60(69)25-16-30-65(66)71(46-33-31-44(32-34-46)43-17-4-3-5-18-43)47-37-35-45(36-38-47)70(48-39-55-50-19-7-12-26-61(50)72-62-27-13-8-20-51(62)56(40-48)67(55)72)49-41-57-52-21-9-14-28-63(52)73-64-29-15-10-22-53(64)58(42-49)68(57)73/h3-42H,1-2H3. The first-order chi connectivity index (χ1) is 36.0. The van der Waals surface area contributed by atoms with Gasteiger partial charge in [-0.1, -0.05) is 166 Å². The molecule has 0 aliphatic heterocycles. The summed E-state index contributed by atoms with van der Waals surface area (Å²) in [6.07, 6.45) is 0. The van der Waals surface area contributed by atoms with E-state index in [2.05, 4.69) is 275 Å². The number of para-hydroxylation sites is 4. The molecule has 73 heavy (non-hydrogen) atoms. The zero-order chi connectivity index (χ0) is 48.1. The molecule has 1 aliphatic rings. The van der Waals surface area contributed by atoms with Gasteiger partial charge in [-0.15, -0.1) is 0 Å². The molecule has 0 spiro atoms. The van der Waals surface area contributed by atoms with E-state index in [0.29, 0.717) is 0 Å². The summed E-state index contributed by atoms with van der Waals surface area (Å²) in [6, 6.07) is 90.3. The molecule has 0 amide bonds. The number of fused-ring (bicyclic) bond motifs is 15. The van der Waals surface area contributed by atoms with E-state index in [1.165, 1.54) is 115 Å². The van der Waals surface area contributed by atoms with Gasteiger partial charge in [-0.05, 0) is 119 Å². The predicted molar refractivity (Wildman–Crippen MR) is 308 cm³/mol. The highest BCUT2D eigenvalue weighted by atomic mass is 15.2. The molecular weight excluding hydrogens is 885 g/mol. The first-order valence-electron chi connectivity index (χ1n) is 25.4. The van der Waals surface area contributed by atoms with Crippen molar-refractivity contribution in [3.05, 3.63) is 254 Å². The number of rotatable bonds is 7. The highest BCUT2D eigenvalue weighted by Crippen LogP contribution is 2.55. The average molecular weight is 931 g/mol. The Hall–Kier alpha value is -9.38. The maximum atomic E-state index is 2.51. The third-order valence-electron chi connectivity index (χ3n) is 16.3. The average Bonchev–Trinajstić information content (AvgIpc) is 4.22. The second-order valence-corrected chi connectivity index (χ2v) is 20.5. The van der Waals surface area contributed by atoms with E-state index in [0.717, 1.165) is 28.4 Å². The van der Waals surface area contributed by atoms with Gasteiger partial charge < -0.3 is 18.6 Å². The molecule has 4 nitrogen and oxygen atoms in total. The van der Waals surface area contributed by atoms with Gasteiger partial charge in [-0.2, -0.15) is 0 Å². The lowest BCUT2D eigenvalue weighted by Crippen LogP contribution is -2.16. The Balaban J connectivity index is 0.946. The van der Waals surface area contributed by atoms with Crippen LogP contribution in [0.1, 0.15) is 25.0 Å². The molecule has 0 bridgehead atoms. The highest BCUT2D eigenvalue weighted by molar-refractivity contribution is 6.26. The lowest BCUT2D eigenvalue weighted by molar-refractivity contribution is 0.660. The largest absolute Gasteiger partial charge is 0.310 e. The van der Waals surface area contributed by atoms with Gasteiger partial charge in [0.15, 0.2) is 0 Å². The maximum absolute atomic E-state index is 2.51. The molecule has 0 saturated heterocycles. The first-order valence-corrected chi connectivity index (χ1v) is 25.4. The van der Waals surface area contributed by atoms with Crippen LogP contribution < -0.4 is 9.80 Å². The van der Waals surface area contributed by atoms with Crippen molar-refractivity contribution < 1.29 is 0 Å². The number of benzene rings is 11. The lowest BCUT2D eigenvalue weighted by atomic mass is 9.82. The molecule has 0 saturated carbocycles. The Morgan fingerprint density at radius 2 is 0.685 bits per heavy atom. The Bertz CT molecular complexity index is 4340. The lowest BCUT2D eigenvalue weighted by Gasteiger charge is -2.30. The molecular formula is C69H46N4. The van der Waals surface area contributed by atoms with Gasteiger partial charge >= 0.3 is 0 Å². The molecule has 0 atom stereocenters. The van der Waals surface area contributed by atoms with E-state index in [1.807, 2.05) is 0 Å². The van der Waals surface area contributed by atoms with E-state index in [-0.39, 0.29) is 5.41 Å². The van der Waals surface area contributed by atoms with Gasteiger partial charge in [-0.25, -0.2) is 0 Å². The minimum absolute atomic E-state index is 0.141. The minimum Gasteiger partial charge on any atom is -0.310 e. The summed E-state index contributed by atoms with van der Waals surface area (Å²) < 4.78 is 4.94. The monoisotopic (exact) mass is 930 g/mol. The number of hydrogen-bond acceptors (Lipinski definition) is 2. The van der Waals surface area contributed by atoms with E-state index in [4.69, 9.17) is 0 Å². The van der Waals surface area contributed by atoms with Crippen LogP contribution in [0.2, 0.25) is 0 Å². The number of hydrogen-bond donors (Lipinski definition) is 0. The fraction of sp³-hybridized carbons (Fsp3) is 0.0435. The fourth-order valence-electron chi connectivity index (χ4n) is 13.1. The van der Waals surface area contributed by atoms with Crippen molar-refractivity contribution in [1.82, 2.24) is 8.80 Å². The molecule has 1 aliphatic carbocycles. The summed E-state index contributed by atoms with van der Waals surface area (Å²) in [7, 11) is 0. The van der Waals surface area contributed by atoms with Crippen LogP contribution in [-0.4, -0.2) is 8.80 Å². The van der Waals surface area contributed by atoms with Crippen LogP contribution in [0, 0.1) is 0 Å².